The average Bonchev–Trinajstić information content (AvgIpc) is 3.35. The lowest BCUT2D eigenvalue weighted by atomic mass is 10.1. The van der Waals surface area contributed by atoms with Gasteiger partial charge in [0, 0.05) is 29.2 Å². The van der Waals surface area contributed by atoms with Crippen molar-refractivity contribution in [2.45, 2.75) is 6.42 Å². The van der Waals surface area contributed by atoms with E-state index in [4.69, 9.17) is 16.3 Å². The maximum absolute atomic E-state index is 12.6. The van der Waals surface area contributed by atoms with E-state index in [2.05, 4.69) is 23.2 Å². The number of hydrogen-bond acceptors (Lipinski definition) is 3. The molecule has 0 N–H and O–H groups in total. The van der Waals surface area contributed by atoms with Crippen molar-refractivity contribution in [3.05, 3.63) is 75.8 Å². The van der Waals surface area contributed by atoms with E-state index in [1.54, 1.807) is 24.3 Å². The largest absolute Gasteiger partial charge is 0.476 e. The van der Waals surface area contributed by atoms with Crippen molar-refractivity contribution in [3.63, 3.8) is 0 Å². The number of carbonyl (C=O) groups excluding carboxylic acids is 1. The maximum Gasteiger partial charge on any atom is 0.254 e. The smallest absolute Gasteiger partial charge is 0.254 e. The van der Waals surface area contributed by atoms with Crippen LogP contribution in [0.5, 0.6) is 0 Å². The first kappa shape index (κ1) is 16.9. The molecule has 2 aromatic carbocycles. The van der Waals surface area contributed by atoms with Crippen LogP contribution in [0.25, 0.3) is 6.08 Å². The van der Waals surface area contributed by atoms with E-state index in [0.29, 0.717) is 23.7 Å². The van der Waals surface area contributed by atoms with Gasteiger partial charge < -0.3 is 9.64 Å². The van der Waals surface area contributed by atoms with Gasteiger partial charge in [-0.05, 0) is 54.0 Å². The lowest BCUT2D eigenvalue weighted by Gasteiger charge is -2.15. The van der Waals surface area contributed by atoms with Crippen LogP contribution in [0.2, 0.25) is 5.02 Å². The Labute approximate surface area is 157 Å². The second kappa shape index (κ2) is 7.34. The molecule has 0 unspecified atom stereocenters. The highest BCUT2D eigenvalue weighted by Gasteiger charge is 2.22. The van der Waals surface area contributed by atoms with Gasteiger partial charge in [-0.15, -0.1) is 0 Å². The van der Waals surface area contributed by atoms with E-state index >= 15 is 0 Å². The Kier molecular flexibility index (Phi) is 4.76. The molecule has 0 aromatic heterocycles. The SMILES string of the molecule is O=C(c1ccc(Cl)cc1)N1CC/C(=C/c2ccc(C3=NCCO3)cc2)C1. The summed E-state index contributed by atoms with van der Waals surface area (Å²) < 4.78 is 5.48. The molecular weight excluding hydrogens is 348 g/mol. The van der Waals surface area contributed by atoms with E-state index in [1.807, 2.05) is 17.0 Å². The summed E-state index contributed by atoms with van der Waals surface area (Å²) in [6.07, 6.45) is 3.06. The zero-order valence-corrected chi connectivity index (χ0v) is 15.1. The first-order chi connectivity index (χ1) is 12.7. The first-order valence-corrected chi connectivity index (χ1v) is 9.09. The van der Waals surface area contributed by atoms with E-state index in [9.17, 15) is 4.79 Å². The third kappa shape index (κ3) is 3.65. The molecule has 0 atom stereocenters. The molecule has 5 heteroatoms. The normalized spacial score (nSPS) is 18.1. The van der Waals surface area contributed by atoms with E-state index in [0.717, 1.165) is 36.5 Å². The number of aliphatic imine (C=N–C) groups is 1. The van der Waals surface area contributed by atoms with Gasteiger partial charge in [-0.3, -0.25) is 4.79 Å². The Morgan fingerprint density at radius 1 is 1.12 bits per heavy atom. The van der Waals surface area contributed by atoms with Crippen molar-refractivity contribution in [2.24, 2.45) is 4.99 Å². The number of halogens is 1. The summed E-state index contributed by atoms with van der Waals surface area (Å²) in [5, 5.41) is 0.640. The van der Waals surface area contributed by atoms with Crippen LogP contribution in [0.4, 0.5) is 0 Å². The standard InChI is InChI=1S/C21H19ClN2O2/c22-19-7-5-18(6-8-19)21(25)24-11-9-16(14-24)13-15-1-3-17(4-2-15)20-23-10-12-26-20/h1-8,13H,9-12,14H2/b16-13-. The monoisotopic (exact) mass is 366 g/mol. The van der Waals surface area contributed by atoms with Crippen molar-refractivity contribution < 1.29 is 9.53 Å². The van der Waals surface area contributed by atoms with Crippen LogP contribution < -0.4 is 0 Å². The molecule has 1 amide bonds. The summed E-state index contributed by atoms with van der Waals surface area (Å²) in [7, 11) is 0. The number of amides is 1. The quantitative estimate of drug-likeness (QED) is 0.822. The maximum atomic E-state index is 12.6. The fourth-order valence-corrected chi connectivity index (χ4v) is 3.34. The molecule has 26 heavy (non-hydrogen) atoms. The van der Waals surface area contributed by atoms with Crippen LogP contribution in [-0.2, 0) is 4.74 Å². The summed E-state index contributed by atoms with van der Waals surface area (Å²) in [5.41, 5.74) is 4.07. The zero-order valence-electron chi connectivity index (χ0n) is 14.3. The lowest BCUT2D eigenvalue weighted by molar-refractivity contribution is 0.0796. The molecule has 0 spiro atoms. The predicted molar refractivity (Wildman–Crippen MR) is 104 cm³/mol. The second-order valence-corrected chi connectivity index (χ2v) is 6.88. The van der Waals surface area contributed by atoms with Gasteiger partial charge in [-0.2, -0.15) is 0 Å². The van der Waals surface area contributed by atoms with E-state index < -0.39 is 0 Å². The van der Waals surface area contributed by atoms with Crippen LogP contribution >= 0.6 is 11.6 Å². The topological polar surface area (TPSA) is 41.9 Å². The number of likely N-dealkylation sites (tertiary alicyclic amines) is 1. The highest BCUT2D eigenvalue weighted by Crippen LogP contribution is 2.22. The van der Waals surface area contributed by atoms with Gasteiger partial charge in [0.1, 0.15) is 6.61 Å². The number of nitrogens with zero attached hydrogens (tertiary/aromatic N) is 2. The summed E-state index contributed by atoms with van der Waals surface area (Å²) >= 11 is 5.89. The van der Waals surface area contributed by atoms with Gasteiger partial charge in [0.25, 0.3) is 5.91 Å². The second-order valence-electron chi connectivity index (χ2n) is 6.44. The van der Waals surface area contributed by atoms with Crippen molar-refractivity contribution in [1.82, 2.24) is 4.90 Å². The van der Waals surface area contributed by atoms with Gasteiger partial charge >= 0.3 is 0 Å². The summed E-state index contributed by atoms with van der Waals surface area (Å²) in [6.45, 7) is 2.81. The van der Waals surface area contributed by atoms with Crippen LogP contribution in [0.1, 0.15) is 27.9 Å². The van der Waals surface area contributed by atoms with Gasteiger partial charge in [-0.25, -0.2) is 4.99 Å². The minimum atomic E-state index is 0.0526. The minimum absolute atomic E-state index is 0.0526. The summed E-state index contributed by atoms with van der Waals surface area (Å²) in [5.74, 6) is 0.779. The molecule has 4 nitrogen and oxygen atoms in total. The third-order valence-corrected chi connectivity index (χ3v) is 4.84. The first-order valence-electron chi connectivity index (χ1n) is 8.71. The molecule has 0 aliphatic carbocycles. The molecule has 132 valence electrons. The number of hydrogen-bond donors (Lipinski definition) is 0. The van der Waals surface area contributed by atoms with Gasteiger partial charge in [0.15, 0.2) is 0 Å². The van der Waals surface area contributed by atoms with Crippen molar-refractivity contribution in [2.75, 3.05) is 26.2 Å². The van der Waals surface area contributed by atoms with Crippen molar-refractivity contribution in [3.8, 4) is 0 Å². The van der Waals surface area contributed by atoms with Crippen LogP contribution in [0, 0.1) is 0 Å². The molecular formula is C21H19ClN2O2. The zero-order chi connectivity index (χ0) is 17.9. The van der Waals surface area contributed by atoms with Gasteiger partial charge in [0.2, 0.25) is 5.90 Å². The molecule has 0 bridgehead atoms. The molecule has 0 saturated carbocycles. The highest BCUT2D eigenvalue weighted by atomic mass is 35.5. The summed E-state index contributed by atoms with van der Waals surface area (Å²) in [4.78, 5) is 18.8. The number of ether oxygens (including phenoxy) is 1. The van der Waals surface area contributed by atoms with Crippen LogP contribution in [0.15, 0.2) is 59.1 Å². The molecule has 0 radical (unpaired) electrons. The lowest BCUT2D eigenvalue weighted by Crippen LogP contribution is -2.27. The number of benzene rings is 2. The fourth-order valence-electron chi connectivity index (χ4n) is 3.22. The molecule has 2 heterocycles. The van der Waals surface area contributed by atoms with Crippen molar-refractivity contribution >= 4 is 29.5 Å². The molecule has 4 rings (SSSR count). The fraction of sp³-hybridized carbons (Fsp3) is 0.238. The van der Waals surface area contributed by atoms with Gasteiger partial charge in [0.05, 0.1) is 6.54 Å². The Morgan fingerprint density at radius 2 is 1.88 bits per heavy atom. The Hall–Kier alpha value is -2.59. The number of rotatable bonds is 3. The highest BCUT2D eigenvalue weighted by molar-refractivity contribution is 6.30. The number of carbonyl (C=O) groups is 1. The Bertz CT molecular complexity index is 870. The molecule has 2 aromatic rings. The Balaban J connectivity index is 1.43. The van der Waals surface area contributed by atoms with E-state index in [-0.39, 0.29) is 5.91 Å². The Morgan fingerprint density at radius 3 is 2.58 bits per heavy atom. The van der Waals surface area contributed by atoms with Crippen LogP contribution in [-0.4, -0.2) is 42.9 Å². The predicted octanol–water partition coefficient (Wildman–Crippen LogP) is 4.05. The third-order valence-electron chi connectivity index (χ3n) is 4.59. The molecule has 1 fully saturated rings. The molecule has 1 saturated heterocycles. The van der Waals surface area contributed by atoms with E-state index in [1.165, 1.54) is 5.57 Å². The molecule has 2 aliphatic rings. The van der Waals surface area contributed by atoms with Crippen LogP contribution in [0.3, 0.4) is 0 Å². The van der Waals surface area contributed by atoms with Crippen molar-refractivity contribution in [1.29, 1.82) is 0 Å². The summed E-state index contributed by atoms with van der Waals surface area (Å²) in [6, 6.07) is 15.2. The van der Waals surface area contributed by atoms with Gasteiger partial charge in [-0.1, -0.05) is 29.8 Å². The average molecular weight is 367 g/mol. The minimum Gasteiger partial charge on any atom is -0.476 e. The molecule has 2 aliphatic heterocycles.